The van der Waals surface area contributed by atoms with Gasteiger partial charge < -0.3 is 10.1 Å². The molecular formula is C19H20BrFN2O4S. The van der Waals surface area contributed by atoms with Crippen molar-refractivity contribution in [3.05, 3.63) is 58.3 Å². The van der Waals surface area contributed by atoms with Crippen molar-refractivity contribution in [3.8, 4) is 0 Å². The van der Waals surface area contributed by atoms with Gasteiger partial charge in [0, 0.05) is 29.7 Å². The highest BCUT2D eigenvalue weighted by atomic mass is 79.9. The predicted octanol–water partition coefficient (Wildman–Crippen LogP) is 3.18. The molecule has 1 aliphatic heterocycles. The van der Waals surface area contributed by atoms with Gasteiger partial charge >= 0.3 is 0 Å². The Kier molecular flexibility index (Phi) is 6.82. The first kappa shape index (κ1) is 20.9. The molecule has 0 radical (unpaired) electrons. The van der Waals surface area contributed by atoms with E-state index in [-0.39, 0.29) is 44.3 Å². The molecule has 0 atom stereocenters. The SMILES string of the molecule is O=C(CCc1ccccc1Br)Nc1ccc(F)c(S(=O)(=O)N2CCOCC2)c1. The van der Waals surface area contributed by atoms with E-state index >= 15 is 0 Å². The number of anilines is 1. The second-order valence-electron chi connectivity index (χ2n) is 6.30. The lowest BCUT2D eigenvalue weighted by Crippen LogP contribution is -2.40. The number of hydrogen-bond acceptors (Lipinski definition) is 4. The lowest BCUT2D eigenvalue weighted by molar-refractivity contribution is -0.116. The fourth-order valence-corrected chi connectivity index (χ4v) is 4.86. The molecule has 1 heterocycles. The van der Waals surface area contributed by atoms with E-state index in [1.54, 1.807) is 0 Å². The van der Waals surface area contributed by atoms with Crippen LogP contribution < -0.4 is 5.32 Å². The van der Waals surface area contributed by atoms with Crippen LogP contribution in [0.4, 0.5) is 10.1 Å². The number of ether oxygens (including phenoxy) is 1. The quantitative estimate of drug-likeness (QED) is 0.703. The summed E-state index contributed by atoms with van der Waals surface area (Å²) in [6.07, 6.45) is 0.735. The number of nitrogens with one attached hydrogen (secondary N) is 1. The van der Waals surface area contributed by atoms with Gasteiger partial charge in [-0.1, -0.05) is 34.1 Å². The Bertz CT molecular complexity index is 962. The lowest BCUT2D eigenvalue weighted by Gasteiger charge is -2.26. The number of carbonyl (C=O) groups excluding carboxylic acids is 1. The van der Waals surface area contributed by atoms with Crippen LogP contribution in [0.1, 0.15) is 12.0 Å². The summed E-state index contributed by atoms with van der Waals surface area (Å²) in [6, 6.07) is 11.2. The van der Waals surface area contributed by atoms with Gasteiger partial charge in [-0.2, -0.15) is 4.31 Å². The third-order valence-electron chi connectivity index (χ3n) is 4.38. The van der Waals surface area contributed by atoms with Gasteiger partial charge in [-0.15, -0.1) is 0 Å². The summed E-state index contributed by atoms with van der Waals surface area (Å²) >= 11 is 3.44. The van der Waals surface area contributed by atoms with E-state index in [2.05, 4.69) is 21.2 Å². The summed E-state index contributed by atoms with van der Waals surface area (Å²) < 4.78 is 46.9. The maximum Gasteiger partial charge on any atom is 0.246 e. The van der Waals surface area contributed by atoms with Crippen molar-refractivity contribution in [2.75, 3.05) is 31.6 Å². The lowest BCUT2D eigenvalue weighted by atomic mass is 10.1. The van der Waals surface area contributed by atoms with E-state index < -0.39 is 20.7 Å². The summed E-state index contributed by atoms with van der Waals surface area (Å²) in [6.45, 7) is 0.882. The number of benzene rings is 2. The zero-order valence-electron chi connectivity index (χ0n) is 15.0. The third-order valence-corrected chi connectivity index (χ3v) is 7.07. The molecule has 9 heteroatoms. The Hall–Kier alpha value is -1.81. The minimum atomic E-state index is -3.99. The number of rotatable bonds is 6. The maximum absolute atomic E-state index is 14.2. The van der Waals surface area contributed by atoms with Crippen LogP contribution in [-0.2, 0) is 26.0 Å². The smallest absolute Gasteiger partial charge is 0.246 e. The van der Waals surface area contributed by atoms with Crippen molar-refractivity contribution in [2.45, 2.75) is 17.7 Å². The van der Waals surface area contributed by atoms with Crippen molar-refractivity contribution in [2.24, 2.45) is 0 Å². The molecule has 1 saturated heterocycles. The van der Waals surface area contributed by atoms with E-state index in [0.717, 1.165) is 22.2 Å². The standard InChI is InChI=1S/C19H20BrFN2O4S/c20-16-4-2-1-3-14(16)5-8-19(24)22-15-6-7-17(21)18(13-15)28(25,26)23-9-11-27-12-10-23/h1-4,6-7,13H,5,8-12H2,(H,22,24). The van der Waals surface area contributed by atoms with Gasteiger partial charge in [0.15, 0.2) is 0 Å². The van der Waals surface area contributed by atoms with E-state index in [9.17, 15) is 17.6 Å². The molecule has 2 aromatic rings. The van der Waals surface area contributed by atoms with Crippen LogP contribution in [0, 0.1) is 5.82 Å². The maximum atomic E-state index is 14.2. The zero-order valence-corrected chi connectivity index (χ0v) is 17.4. The number of sulfonamides is 1. The molecule has 2 aromatic carbocycles. The molecule has 1 fully saturated rings. The fourth-order valence-electron chi connectivity index (χ4n) is 2.88. The van der Waals surface area contributed by atoms with Gasteiger partial charge in [-0.25, -0.2) is 12.8 Å². The fraction of sp³-hybridized carbons (Fsp3) is 0.316. The number of carbonyl (C=O) groups is 1. The first-order valence-electron chi connectivity index (χ1n) is 8.78. The molecule has 0 spiro atoms. The molecule has 0 unspecified atom stereocenters. The number of halogens is 2. The molecule has 0 aromatic heterocycles. The third kappa shape index (κ3) is 4.96. The Morgan fingerprint density at radius 1 is 1.18 bits per heavy atom. The average Bonchev–Trinajstić information content (AvgIpc) is 2.69. The first-order chi connectivity index (χ1) is 13.4. The van der Waals surface area contributed by atoms with Crippen LogP contribution in [-0.4, -0.2) is 44.9 Å². The number of aryl methyl sites for hydroxylation is 1. The summed E-state index contributed by atoms with van der Waals surface area (Å²) in [4.78, 5) is 11.8. The Morgan fingerprint density at radius 3 is 2.61 bits per heavy atom. The number of nitrogens with zero attached hydrogens (tertiary/aromatic N) is 1. The molecule has 1 aliphatic rings. The molecule has 0 saturated carbocycles. The molecule has 6 nitrogen and oxygen atoms in total. The van der Waals surface area contributed by atoms with Crippen molar-refractivity contribution in [3.63, 3.8) is 0 Å². The van der Waals surface area contributed by atoms with Crippen LogP contribution in [0.15, 0.2) is 51.8 Å². The summed E-state index contributed by atoms with van der Waals surface area (Å²) in [5.74, 6) is -1.13. The predicted molar refractivity (Wildman–Crippen MR) is 107 cm³/mol. The molecule has 150 valence electrons. The van der Waals surface area contributed by atoms with Crippen LogP contribution >= 0.6 is 15.9 Å². The van der Waals surface area contributed by atoms with Crippen LogP contribution in [0.2, 0.25) is 0 Å². The minimum absolute atomic E-state index is 0.171. The highest BCUT2D eigenvalue weighted by Gasteiger charge is 2.29. The topological polar surface area (TPSA) is 75.7 Å². The zero-order chi connectivity index (χ0) is 20.1. The summed E-state index contributed by atoms with van der Waals surface area (Å²) in [5, 5.41) is 2.65. The van der Waals surface area contributed by atoms with Gasteiger partial charge in [0.2, 0.25) is 15.9 Å². The van der Waals surface area contributed by atoms with Crippen molar-refractivity contribution >= 4 is 37.5 Å². The molecule has 1 amide bonds. The largest absolute Gasteiger partial charge is 0.379 e. The van der Waals surface area contributed by atoms with E-state index in [1.807, 2.05) is 24.3 Å². The minimum Gasteiger partial charge on any atom is -0.379 e. The molecule has 28 heavy (non-hydrogen) atoms. The molecule has 1 N–H and O–H groups in total. The number of hydrogen-bond donors (Lipinski definition) is 1. The van der Waals surface area contributed by atoms with Gasteiger partial charge in [0.1, 0.15) is 10.7 Å². The van der Waals surface area contributed by atoms with Gasteiger partial charge in [0.25, 0.3) is 0 Å². The first-order valence-corrected chi connectivity index (χ1v) is 11.0. The second-order valence-corrected chi connectivity index (χ2v) is 9.06. The average molecular weight is 471 g/mol. The van der Waals surface area contributed by atoms with E-state index in [0.29, 0.717) is 6.42 Å². The highest BCUT2D eigenvalue weighted by Crippen LogP contribution is 2.24. The van der Waals surface area contributed by atoms with E-state index in [1.165, 1.54) is 10.4 Å². The van der Waals surface area contributed by atoms with Gasteiger partial charge in [-0.05, 0) is 36.2 Å². The number of amides is 1. The van der Waals surface area contributed by atoms with E-state index in [4.69, 9.17) is 4.74 Å². The Labute approximate surface area is 171 Å². The Morgan fingerprint density at radius 2 is 1.89 bits per heavy atom. The second kappa shape index (κ2) is 9.13. The highest BCUT2D eigenvalue weighted by molar-refractivity contribution is 9.10. The summed E-state index contributed by atoms with van der Waals surface area (Å²) in [7, 11) is -3.99. The van der Waals surface area contributed by atoms with Crippen molar-refractivity contribution in [1.29, 1.82) is 0 Å². The molecule has 3 rings (SSSR count). The Balaban J connectivity index is 1.70. The van der Waals surface area contributed by atoms with Gasteiger partial charge in [-0.3, -0.25) is 4.79 Å². The summed E-state index contributed by atoms with van der Waals surface area (Å²) in [5.41, 5.74) is 1.23. The van der Waals surface area contributed by atoms with Crippen LogP contribution in [0.25, 0.3) is 0 Å². The van der Waals surface area contributed by atoms with Crippen LogP contribution in [0.3, 0.4) is 0 Å². The molecule has 0 bridgehead atoms. The van der Waals surface area contributed by atoms with Crippen molar-refractivity contribution < 1.29 is 22.3 Å². The normalized spacial score (nSPS) is 15.4. The number of morpholine rings is 1. The monoisotopic (exact) mass is 470 g/mol. The molecular weight excluding hydrogens is 451 g/mol. The van der Waals surface area contributed by atoms with Crippen LogP contribution in [0.5, 0.6) is 0 Å². The van der Waals surface area contributed by atoms with Crippen molar-refractivity contribution in [1.82, 2.24) is 4.31 Å². The molecule has 0 aliphatic carbocycles. The van der Waals surface area contributed by atoms with Gasteiger partial charge in [0.05, 0.1) is 13.2 Å².